The Morgan fingerprint density at radius 2 is 1.04 bits per heavy atom. The van der Waals surface area contributed by atoms with E-state index in [-0.39, 0.29) is 0 Å². The van der Waals surface area contributed by atoms with Crippen molar-refractivity contribution in [2.24, 2.45) is 0 Å². The Balaban J connectivity index is 1.16. The van der Waals surface area contributed by atoms with E-state index in [0.717, 1.165) is 61.4 Å². The standard InChI is InChI=1S/C42H29N3O2/c1-4-12-29(13-5-1)28-46-39-25-24-34(26-35(39)42-45-36-18-10-11-19-40(36)47-42)30-20-22-33(23-21-30)41-43-37(31-14-6-2-7-15-31)27-38(44-41)32-16-8-3-9-17-32/h1-27H,28H2. The predicted molar refractivity (Wildman–Crippen MR) is 188 cm³/mol. The fourth-order valence-electron chi connectivity index (χ4n) is 5.63. The van der Waals surface area contributed by atoms with Crippen molar-refractivity contribution in [2.45, 2.75) is 6.61 Å². The number of hydrogen-bond donors (Lipinski definition) is 0. The van der Waals surface area contributed by atoms with Gasteiger partial charge in [-0.1, -0.05) is 133 Å². The van der Waals surface area contributed by atoms with E-state index in [1.54, 1.807) is 0 Å². The van der Waals surface area contributed by atoms with Gasteiger partial charge in [0.2, 0.25) is 5.89 Å². The van der Waals surface area contributed by atoms with Crippen molar-refractivity contribution >= 4 is 11.1 Å². The minimum absolute atomic E-state index is 0.440. The smallest absolute Gasteiger partial charge is 0.231 e. The van der Waals surface area contributed by atoms with Gasteiger partial charge in [0.1, 0.15) is 17.9 Å². The van der Waals surface area contributed by atoms with Crippen LogP contribution in [0.4, 0.5) is 0 Å². The SMILES string of the molecule is c1ccc(COc2ccc(-c3ccc(-c4nc(-c5ccccc5)cc(-c5ccccc5)n4)cc3)cc2-c2nc3ccccc3o2)cc1. The number of para-hydroxylation sites is 2. The topological polar surface area (TPSA) is 61.0 Å². The van der Waals surface area contributed by atoms with Gasteiger partial charge in [-0.05, 0) is 47.0 Å². The van der Waals surface area contributed by atoms with E-state index in [1.807, 2.05) is 84.9 Å². The first-order valence-electron chi connectivity index (χ1n) is 15.5. The van der Waals surface area contributed by atoms with E-state index in [4.69, 9.17) is 24.1 Å². The van der Waals surface area contributed by atoms with Crippen LogP contribution in [0.25, 0.3) is 67.6 Å². The van der Waals surface area contributed by atoms with E-state index in [0.29, 0.717) is 24.1 Å². The van der Waals surface area contributed by atoms with Crippen molar-refractivity contribution in [2.75, 3.05) is 0 Å². The van der Waals surface area contributed by atoms with Crippen molar-refractivity contribution in [1.29, 1.82) is 0 Å². The van der Waals surface area contributed by atoms with Gasteiger partial charge in [0.05, 0.1) is 17.0 Å². The van der Waals surface area contributed by atoms with Gasteiger partial charge < -0.3 is 9.15 Å². The molecule has 6 aromatic carbocycles. The van der Waals surface area contributed by atoms with E-state index < -0.39 is 0 Å². The van der Waals surface area contributed by atoms with Gasteiger partial charge in [0.25, 0.3) is 0 Å². The molecule has 224 valence electrons. The molecule has 0 spiro atoms. The van der Waals surface area contributed by atoms with Crippen LogP contribution in [0.1, 0.15) is 5.56 Å². The minimum atomic E-state index is 0.440. The first kappa shape index (κ1) is 28.2. The lowest BCUT2D eigenvalue weighted by atomic mass is 10.0. The highest BCUT2D eigenvalue weighted by Crippen LogP contribution is 2.37. The molecule has 0 aliphatic carbocycles. The second kappa shape index (κ2) is 12.6. The first-order chi connectivity index (χ1) is 23.3. The summed E-state index contributed by atoms with van der Waals surface area (Å²) in [5, 5.41) is 0. The van der Waals surface area contributed by atoms with Crippen molar-refractivity contribution in [3.05, 3.63) is 169 Å². The van der Waals surface area contributed by atoms with Crippen LogP contribution in [0.5, 0.6) is 5.75 Å². The first-order valence-corrected chi connectivity index (χ1v) is 15.5. The highest BCUT2D eigenvalue weighted by molar-refractivity contribution is 5.81. The maximum Gasteiger partial charge on any atom is 0.231 e. The highest BCUT2D eigenvalue weighted by Gasteiger charge is 2.16. The lowest BCUT2D eigenvalue weighted by molar-refractivity contribution is 0.307. The molecule has 0 fully saturated rings. The molecule has 2 heterocycles. The summed E-state index contributed by atoms with van der Waals surface area (Å²) in [7, 11) is 0. The molecule has 0 radical (unpaired) electrons. The Hall–Kier alpha value is -6.33. The van der Waals surface area contributed by atoms with Gasteiger partial charge in [0.15, 0.2) is 11.4 Å². The largest absolute Gasteiger partial charge is 0.488 e. The fourth-order valence-corrected chi connectivity index (χ4v) is 5.63. The number of oxazole rings is 1. The van der Waals surface area contributed by atoms with Crippen LogP contribution >= 0.6 is 0 Å². The summed E-state index contributed by atoms with van der Waals surface area (Å²) in [5.74, 6) is 1.90. The number of fused-ring (bicyclic) bond motifs is 1. The molecule has 0 saturated carbocycles. The molecule has 0 aliphatic heterocycles. The number of rotatable bonds is 8. The van der Waals surface area contributed by atoms with Crippen LogP contribution in [0, 0.1) is 0 Å². The number of hydrogen-bond acceptors (Lipinski definition) is 5. The minimum Gasteiger partial charge on any atom is -0.488 e. The summed E-state index contributed by atoms with van der Waals surface area (Å²) in [5.41, 5.74) is 10.3. The molecule has 8 rings (SSSR count). The van der Waals surface area contributed by atoms with Gasteiger partial charge in [-0.3, -0.25) is 0 Å². The molecule has 0 bridgehead atoms. The van der Waals surface area contributed by atoms with Crippen LogP contribution in [-0.4, -0.2) is 15.0 Å². The molecule has 0 unspecified atom stereocenters. The monoisotopic (exact) mass is 607 g/mol. The Labute approximate surface area is 272 Å². The summed E-state index contributed by atoms with van der Waals surface area (Å²) >= 11 is 0. The average Bonchev–Trinajstić information content (AvgIpc) is 3.59. The lowest BCUT2D eigenvalue weighted by Crippen LogP contribution is -1.97. The molecule has 0 saturated heterocycles. The maximum atomic E-state index is 6.32. The van der Waals surface area contributed by atoms with Crippen LogP contribution in [0.3, 0.4) is 0 Å². The van der Waals surface area contributed by atoms with Gasteiger partial charge in [-0.15, -0.1) is 0 Å². The third kappa shape index (κ3) is 6.02. The van der Waals surface area contributed by atoms with E-state index in [2.05, 4.69) is 78.9 Å². The molecule has 2 aromatic heterocycles. The molecule has 8 aromatic rings. The van der Waals surface area contributed by atoms with Gasteiger partial charge >= 0.3 is 0 Å². The van der Waals surface area contributed by atoms with Gasteiger partial charge in [-0.2, -0.15) is 0 Å². The van der Waals surface area contributed by atoms with E-state index in [1.165, 1.54) is 0 Å². The van der Waals surface area contributed by atoms with E-state index in [9.17, 15) is 0 Å². The van der Waals surface area contributed by atoms with E-state index >= 15 is 0 Å². The van der Waals surface area contributed by atoms with Crippen LogP contribution in [0.2, 0.25) is 0 Å². The van der Waals surface area contributed by atoms with Crippen LogP contribution in [0.15, 0.2) is 168 Å². The zero-order chi connectivity index (χ0) is 31.4. The van der Waals surface area contributed by atoms with Gasteiger partial charge in [0, 0.05) is 16.7 Å². The molecule has 5 heteroatoms. The van der Waals surface area contributed by atoms with Crippen LogP contribution < -0.4 is 4.74 Å². The highest BCUT2D eigenvalue weighted by atomic mass is 16.5. The van der Waals surface area contributed by atoms with Gasteiger partial charge in [-0.25, -0.2) is 15.0 Å². The van der Waals surface area contributed by atoms with Crippen LogP contribution in [-0.2, 0) is 6.61 Å². The Kier molecular flexibility index (Phi) is 7.54. The van der Waals surface area contributed by atoms with Crippen molar-refractivity contribution in [3.8, 4) is 62.2 Å². The zero-order valence-corrected chi connectivity index (χ0v) is 25.5. The molecule has 0 amide bonds. The predicted octanol–water partition coefficient (Wildman–Crippen LogP) is 10.5. The van der Waals surface area contributed by atoms with Crippen molar-refractivity contribution in [1.82, 2.24) is 15.0 Å². The third-order valence-electron chi connectivity index (χ3n) is 8.08. The van der Waals surface area contributed by atoms with Crippen molar-refractivity contribution < 1.29 is 9.15 Å². The normalized spacial score (nSPS) is 11.1. The molecule has 0 N–H and O–H groups in total. The summed E-state index contributed by atoms with van der Waals surface area (Å²) in [4.78, 5) is 14.8. The zero-order valence-electron chi connectivity index (χ0n) is 25.5. The molecule has 5 nitrogen and oxygen atoms in total. The Morgan fingerprint density at radius 3 is 1.70 bits per heavy atom. The lowest BCUT2D eigenvalue weighted by Gasteiger charge is -2.13. The quantitative estimate of drug-likeness (QED) is 0.172. The Morgan fingerprint density at radius 1 is 0.468 bits per heavy atom. The summed E-state index contributed by atoms with van der Waals surface area (Å²) in [6, 6.07) is 54.9. The number of ether oxygens (including phenoxy) is 1. The van der Waals surface area contributed by atoms with Crippen molar-refractivity contribution in [3.63, 3.8) is 0 Å². The average molecular weight is 608 g/mol. The number of aromatic nitrogens is 3. The molecular formula is C42H29N3O2. The third-order valence-corrected chi connectivity index (χ3v) is 8.08. The fraction of sp³-hybridized carbons (Fsp3) is 0.0238. The number of nitrogens with zero attached hydrogens (tertiary/aromatic N) is 3. The molecule has 0 atom stereocenters. The number of benzene rings is 6. The maximum absolute atomic E-state index is 6.32. The molecular weight excluding hydrogens is 578 g/mol. The summed E-state index contributed by atoms with van der Waals surface area (Å²) < 4.78 is 12.5. The molecule has 47 heavy (non-hydrogen) atoms. The molecule has 0 aliphatic rings. The summed E-state index contributed by atoms with van der Waals surface area (Å²) in [6.07, 6.45) is 0. The summed E-state index contributed by atoms with van der Waals surface area (Å²) in [6.45, 7) is 0.440. The Bertz CT molecular complexity index is 2190. The second-order valence-electron chi connectivity index (χ2n) is 11.2. The second-order valence-corrected chi connectivity index (χ2v) is 11.2.